The van der Waals surface area contributed by atoms with E-state index in [0.29, 0.717) is 63.3 Å². The van der Waals surface area contributed by atoms with Crippen LogP contribution < -0.4 is 21.7 Å². The zero-order valence-electron chi connectivity index (χ0n) is 51.2. The fraction of sp³-hybridized carbons (Fsp3) is 0.476. The molecule has 27 nitrogen and oxygen atoms in total. The quantitative estimate of drug-likeness (QED) is 0.0560. The van der Waals surface area contributed by atoms with Crippen LogP contribution in [0.3, 0.4) is 0 Å². The Hall–Kier alpha value is -7.22. The van der Waals surface area contributed by atoms with Crippen LogP contribution in [-0.4, -0.2) is 154 Å². The molecule has 0 bridgehead atoms. The number of nitrogens with one attached hydrogen (secondary N) is 3. The highest BCUT2D eigenvalue weighted by atomic mass is 35.5. The second-order valence-corrected chi connectivity index (χ2v) is 26.1. The number of rotatable bonds is 12. The number of ether oxygens (including phenoxy) is 8. The Morgan fingerprint density at radius 1 is 0.645 bits per heavy atom. The summed E-state index contributed by atoms with van der Waals surface area (Å²) in [5, 5.41) is 43.0. The molecule has 30 heteroatoms. The van der Waals surface area contributed by atoms with E-state index in [0.717, 1.165) is 22.2 Å². The largest absolute Gasteiger partial charge is 0.479 e. The molecule has 8 aromatic rings. The highest BCUT2D eigenvalue weighted by Gasteiger charge is 2.67. The van der Waals surface area contributed by atoms with Crippen LogP contribution >= 0.6 is 34.8 Å². The number of carboxylic acids is 1. The summed E-state index contributed by atoms with van der Waals surface area (Å²) in [4.78, 5) is 61.3. The lowest BCUT2D eigenvalue weighted by atomic mass is 9.94. The first-order chi connectivity index (χ1) is 42.9. The Bertz CT molecular complexity index is 4050. The molecule has 2 aromatic carbocycles. The standard InChI is InChI=1S/C27H34ClN5O5.C19H20ClN5O4.C15H16ClN3O5.2CH4/c1-25(2,3)37-24(34)30-13-16-8-7-9-17(12-16)29-14-19-27(6)20(36-26(4,5)38-27)23(35-19)33-11-10-18-21(28)31-15-32-22(18)33;1-19(28)13(26)18(25-6-5-12-15(20)22-9-23-16(12)25)29-14(19)17(27)24-11-4-2-3-10(7-11)8-21;1-14(2)23-8-12(22-9(13(20)21)15(8,3)24-14)19-5-4-7-10(16)17-6-18-11(7)19;;/h7-12,15,19-20,23,29H,13-14H2,1-6H3,(H,30,34);2-7,9,13-14,18,26,28H,8,21H2,1H3,(H,24,27);4-6,8-9,12H,1-3H3,(H,20,21);2*1H4/t19-,20+,23-,27-;13-,14?,18?,19-;8-,9+,12+,15-;;/m100../s1. The van der Waals surface area contributed by atoms with E-state index < -0.39 is 95.0 Å². The molecule has 13 rings (SSSR count). The molecule has 0 radical (unpaired) electrons. The van der Waals surface area contributed by atoms with Gasteiger partial charge in [0, 0.05) is 49.6 Å². The maximum absolute atomic E-state index is 12.8. The van der Waals surface area contributed by atoms with Gasteiger partial charge in [-0.3, -0.25) is 4.79 Å². The third-order valence-electron chi connectivity index (χ3n) is 16.2. The van der Waals surface area contributed by atoms with Crippen molar-refractivity contribution in [2.75, 3.05) is 17.2 Å². The predicted molar refractivity (Wildman–Crippen MR) is 345 cm³/mol. The normalized spacial score (nSPS) is 28.0. The van der Waals surface area contributed by atoms with Crippen molar-refractivity contribution in [1.82, 2.24) is 48.9 Å². The van der Waals surface area contributed by atoms with Crippen molar-refractivity contribution < 1.29 is 67.6 Å². The number of carbonyl (C=O) groups excluding carboxylic acids is 2. The summed E-state index contributed by atoms with van der Waals surface area (Å²) < 4.78 is 53.3. The van der Waals surface area contributed by atoms with E-state index in [1.165, 1.54) is 30.5 Å². The van der Waals surface area contributed by atoms with E-state index in [-0.39, 0.29) is 32.2 Å². The molecule has 11 heterocycles. The third kappa shape index (κ3) is 13.9. The summed E-state index contributed by atoms with van der Waals surface area (Å²) in [5.74, 6) is -3.38. The molecule has 2 amide bonds. The molecule has 5 saturated heterocycles. The van der Waals surface area contributed by atoms with Crippen LogP contribution in [0.2, 0.25) is 15.5 Å². The topological polar surface area (TPSA) is 340 Å². The van der Waals surface area contributed by atoms with Crippen LogP contribution in [0.25, 0.3) is 33.1 Å². The number of benzene rings is 2. The van der Waals surface area contributed by atoms with Gasteiger partial charge < -0.3 is 88.6 Å². The second kappa shape index (κ2) is 26.5. The minimum absolute atomic E-state index is 0. The van der Waals surface area contributed by atoms with E-state index in [9.17, 15) is 29.7 Å². The number of aliphatic hydroxyl groups is 2. The summed E-state index contributed by atoms with van der Waals surface area (Å²) in [7, 11) is 0. The average Bonchev–Trinajstić information content (AvgIpc) is 1.57. The minimum Gasteiger partial charge on any atom is -0.479 e. The number of hydrogen-bond acceptors (Lipinski definition) is 21. The molecule has 6 aromatic heterocycles. The van der Waals surface area contributed by atoms with Crippen LogP contribution in [0.4, 0.5) is 16.2 Å². The maximum Gasteiger partial charge on any atom is 0.407 e. The minimum atomic E-state index is -1.84. The lowest BCUT2D eigenvalue weighted by Crippen LogP contribution is -2.49. The third-order valence-corrected chi connectivity index (χ3v) is 17.1. The van der Waals surface area contributed by atoms with E-state index in [2.05, 4.69) is 45.9 Å². The van der Waals surface area contributed by atoms with E-state index >= 15 is 0 Å². The molecular formula is C63H78Cl3N13O14. The summed E-state index contributed by atoms with van der Waals surface area (Å²) >= 11 is 18.4. The zero-order valence-corrected chi connectivity index (χ0v) is 53.5. The van der Waals surface area contributed by atoms with Crippen LogP contribution in [0.5, 0.6) is 0 Å². The average molecular weight is 1350 g/mol. The number of carbonyl (C=O) groups is 3. The van der Waals surface area contributed by atoms with Crippen molar-refractivity contribution in [3.8, 4) is 0 Å². The number of carboxylic acid groups (broad SMARTS) is 1. The summed E-state index contributed by atoms with van der Waals surface area (Å²) in [6.45, 7) is 19.0. The van der Waals surface area contributed by atoms with Crippen LogP contribution in [0.15, 0.2) is 104 Å². The molecule has 0 aliphatic carbocycles. The van der Waals surface area contributed by atoms with Crippen molar-refractivity contribution in [2.24, 2.45) is 5.73 Å². The second-order valence-electron chi connectivity index (χ2n) is 25.0. The van der Waals surface area contributed by atoms with Gasteiger partial charge in [-0.25, -0.2) is 39.5 Å². The Kier molecular flexibility index (Phi) is 20.0. The van der Waals surface area contributed by atoms with Crippen molar-refractivity contribution in [1.29, 1.82) is 0 Å². The number of halogens is 3. The lowest BCUT2D eigenvalue weighted by Gasteiger charge is -2.29. The molecule has 500 valence electrons. The molecule has 5 aliphatic heterocycles. The Balaban J connectivity index is 0.000000167. The molecule has 93 heavy (non-hydrogen) atoms. The van der Waals surface area contributed by atoms with E-state index in [1.54, 1.807) is 68.1 Å². The fourth-order valence-corrected chi connectivity index (χ4v) is 12.7. The number of nitrogens with two attached hydrogens (primary N) is 1. The number of fused-ring (bicyclic) bond motifs is 5. The van der Waals surface area contributed by atoms with E-state index in [1.807, 2.05) is 88.7 Å². The summed E-state index contributed by atoms with van der Waals surface area (Å²) in [6.07, 6.45) is 1.43. The van der Waals surface area contributed by atoms with Gasteiger partial charge in [0.1, 0.15) is 98.2 Å². The number of aliphatic hydroxyl groups excluding tert-OH is 1. The molecule has 0 saturated carbocycles. The molecular weight excluding hydrogens is 1270 g/mol. The molecule has 5 aliphatic rings. The maximum atomic E-state index is 12.8. The summed E-state index contributed by atoms with van der Waals surface area (Å²) in [6, 6.07) is 20.2. The highest BCUT2D eigenvalue weighted by Crippen LogP contribution is 2.53. The number of anilines is 2. The van der Waals surface area contributed by atoms with Crippen molar-refractivity contribution in [3.63, 3.8) is 0 Å². The SMILES string of the molecule is C.C.CC(C)(C)OC(=O)NCc1cccc(NC[C@H]2O[C@@H](n3ccc4c(Cl)ncnc43)[C@@H]3OC(C)(C)O[C@]23C)c1.CC1(C)O[C@H]2[C@H](n3ccc4c(Cl)ncnc43)O[C@H](C(=O)O)[C@@]2(C)O1.C[C@@]1(O)C(C(=O)Nc2cccc(CN)c2)OC(n2ccc3c(Cl)ncnc32)[C@@H]1O. The highest BCUT2D eigenvalue weighted by molar-refractivity contribution is 6.34. The molecule has 0 spiro atoms. The van der Waals surface area contributed by atoms with Crippen molar-refractivity contribution >= 4 is 97.2 Å². The number of aliphatic carboxylic acids is 1. The number of alkyl carbamates (subject to hydrolysis) is 1. The number of amides is 2. The van der Waals surface area contributed by atoms with Crippen LogP contribution in [0.1, 0.15) is 114 Å². The van der Waals surface area contributed by atoms with Gasteiger partial charge in [0.25, 0.3) is 5.91 Å². The van der Waals surface area contributed by atoms with Crippen LogP contribution in [-0.2, 0) is 60.6 Å². The fourth-order valence-electron chi connectivity index (χ4n) is 12.2. The van der Waals surface area contributed by atoms with Gasteiger partial charge in [-0.15, -0.1) is 0 Å². The van der Waals surface area contributed by atoms with Gasteiger partial charge in [-0.1, -0.05) is 73.9 Å². The van der Waals surface area contributed by atoms with E-state index in [4.69, 9.17) is 78.4 Å². The van der Waals surface area contributed by atoms with Crippen molar-refractivity contribution in [2.45, 2.75) is 186 Å². The first kappa shape index (κ1) is 70.1. The molecule has 12 atom stereocenters. The van der Waals surface area contributed by atoms with Gasteiger partial charge in [-0.2, -0.15) is 0 Å². The number of nitrogens with zero attached hydrogens (tertiary/aromatic N) is 9. The number of hydrogen-bond donors (Lipinski definition) is 7. The monoisotopic (exact) mass is 1350 g/mol. The molecule has 8 N–H and O–H groups in total. The predicted octanol–water partition coefficient (Wildman–Crippen LogP) is 9.47. The molecule has 5 fully saturated rings. The van der Waals surface area contributed by atoms with Gasteiger partial charge in [-0.05, 0) is 123 Å². The Labute approximate surface area is 551 Å². The number of aromatic nitrogens is 9. The van der Waals surface area contributed by atoms with Crippen molar-refractivity contribution in [3.05, 3.63) is 131 Å². The summed E-state index contributed by atoms with van der Waals surface area (Å²) in [5.41, 5.74) is 6.23. The molecule has 2 unspecified atom stereocenters. The van der Waals surface area contributed by atoms with Gasteiger partial charge >= 0.3 is 12.1 Å². The first-order valence-electron chi connectivity index (χ1n) is 29.1. The van der Waals surface area contributed by atoms with Gasteiger partial charge in [0.2, 0.25) is 0 Å². The lowest BCUT2D eigenvalue weighted by molar-refractivity contribution is -0.214. The Morgan fingerprint density at radius 3 is 1.62 bits per heavy atom. The van der Waals surface area contributed by atoms with Gasteiger partial charge in [0.05, 0.1) is 16.2 Å². The zero-order chi connectivity index (χ0) is 65.3. The smallest absolute Gasteiger partial charge is 0.407 e. The first-order valence-corrected chi connectivity index (χ1v) is 30.2. The van der Waals surface area contributed by atoms with Gasteiger partial charge in [0.15, 0.2) is 42.5 Å². The Morgan fingerprint density at radius 2 is 1.11 bits per heavy atom. The van der Waals surface area contributed by atoms with Crippen LogP contribution in [0, 0.1) is 0 Å².